The van der Waals surface area contributed by atoms with E-state index in [0.717, 1.165) is 24.4 Å². The van der Waals surface area contributed by atoms with Gasteiger partial charge in [-0.2, -0.15) is 0 Å². The molecule has 0 spiro atoms. The molecule has 1 heterocycles. The lowest BCUT2D eigenvalue weighted by Crippen LogP contribution is -2.52. The van der Waals surface area contributed by atoms with Crippen LogP contribution in [-0.4, -0.2) is 29.4 Å². The molecule has 3 nitrogen and oxygen atoms in total. The molecule has 116 valence electrons. The lowest BCUT2D eigenvalue weighted by atomic mass is 9.85. The van der Waals surface area contributed by atoms with Crippen LogP contribution in [0.15, 0.2) is 24.3 Å². The van der Waals surface area contributed by atoms with Crippen molar-refractivity contribution < 1.29 is 4.79 Å². The van der Waals surface area contributed by atoms with Crippen LogP contribution >= 0.6 is 11.6 Å². The van der Waals surface area contributed by atoms with Crippen LogP contribution in [0.5, 0.6) is 0 Å². The summed E-state index contributed by atoms with van der Waals surface area (Å²) >= 11 is 5.94. The highest BCUT2D eigenvalue weighted by molar-refractivity contribution is 6.30. The van der Waals surface area contributed by atoms with Crippen LogP contribution in [0.2, 0.25) is 5.02 Å². The maximum atomic E-state index is 12.4. The molecule has 1 aliphatic heterocycles. The highest BCUT2D eigenvalue weighted by Gasteiger charge is 2.32. The molecular weight excluding hydrogens is 284 g/mol. The molecule has 1 aliphatic rings. The fourth-order valence-corrected chi connectivity index (χ4v) is 3.14. The van der Waals surface area contributed by atoms with Crippen molar-refractivity contribution in [3.63, 3.8) is 0 Å². The first kappa shape index (κ1) is 16.3. The molecule has 1 saturated heterocycles. The first-order chi connectivity index (χ1) is 9.90. The van der Waals surface area contributed by atoms with Gasteiger partial charge in [-0.15, -0.1) is 0 Å². The molecular formula is C17H25ClN2O. The van der Waals surface area contributed by atoms with Gasteiger partial charge in [-0.3, -0.25) is 4.79 Å². The number of amides is 1. The average Bonchev–Trinajstić information content (AvgIpc) is 2.46. The molecule has 2 unspecified atom stereocenters. The molecule has 2 rings (SSSR count). The van der Waals surface area contributed by atoms with Crippen LogP contribution in [-0.2, 0) is 4.79 Å². The predicted molar refractivity (Wildman–Crippen MR) is 87.4 cm³/mol. The molecule has 0 aliphatic carbocycles. The van der Waals surface area contributed by atoms with Gasteiger partial charge in [0.05, 0.1) is 6.04 Å². The number of likely N-dealkylation sites (tertiary alicyclic amines) is 1. The van der Waals surface area contributed by atoms with Gasteiger partial charge in [0.1, 0.15) is 0 Å². The minimum atomic E-state index is -0.389. The number of nitrogens with zero attached hydrogens (tertiary/aromatic N) is 1. The Kier molecular flexibility index (Phi) is 5.28. The Balaban J connectivity index is 2.02. The van der Waals surface area contributed by atoms with E-state index >= 15 is 0 Å². The smallest absolute Gasteiger partial charge is 0.239 e. The largest absolute Gasteiger partial charge is 0.339 e. The molecule has 0 aromatic heterocycles. The Morgan fingerprint density at radius 1 is 1.33 bits per heavy atom. The zero-order valence-corrected chi connectivity index (χ0v) is 13.8. The van der Waals surface area contributed by atoms with Gasteiger partial charge in [0.25, 0.3) is 0 Å². The van der Waals surface area contributed by atoms with Crippen molar-refractivity contribution in [3.05, 3.63) is 34.9 Å². The van der Waals surface area contributed by atoms with Crippen LogP contribution in [0.1, 0.15) is 45.1 Å². The van der Waals surface area contributed by atoms with E-state index in [2.05, 4.69) is 19.1 Å². The third kappa shape index (κ3) is 3.78. The second-order valence-electron chi connectivity index (χ2n) is 6.42. The van der Waals surface area contributed by atoms with E-state index in [9.17, 15) is 4.79 Å². The second kappa shape index (κ2) is 6.80. The summed E-state index contributed by atoms with van der Waals surface area (Å²) in [5, 5.41) is 0.766. The summed E-state index contributed by atoms with van der Waals surface area (Å²) in [6.45, 7) is 6.89. The van der Waals surface area contributed by atoms with Gasteiger partial charge in [-0.05, 0) is 49.3 Å². The molecule has 1 aromatic rings. The third-order valence-corrected chi connectivity index (χ3v) is 4.76. The number of carbonyl (C=O) groups excluding carboxylic acids is 1. The van der Waals surface area contributed by atoms with E-state index in [4.69, 9.17) is 17.3 Å². The fraction of sp³-hybridized carbons (Fsp3) is 0.588. The lowest BCUT2D eigenvalue weighted by molar-refractivity contribution is -0.137. The summed E-state index contributed by atoms with van der Waals surface area (Å²) in [4.78, 5) is 14.4. The maximum absolute atomic E-state index is 12.4. The Morgan fingerprint density at radius 3 is 2.48 bits per heavy atom. The van der Waals surface area contributed by atoms with Crippen molar-refractivity contribution in [2.45, 2.75) is 51.6 Å². The normalized spacial score (nSPS) is 24.2. The molecule has 0 bridgehead atoms. The summed E-state index contributed by atoms with van der Waals surface area (Å²) in [5.74, 6) is 0.766. The Bertz CT molecular complexity index is 486. The molecule has 1 aromatic carbocycles. The average molecular weight is 309 g/mol. The lowest BCUT2D eigenvalue weighted by Gasteiger charge is -2.39. The number of nitrogens with two attached hydrogens (primary N) is 1. The Labute approximate surface area is 132 Å². The highest BCUT2D eigenvalue weighted by Crippen LogP contribution is 2.32. The molecule has 2 N–H and O–H groups in total. The van der Waals surface area contributed by atoms with E-state index in [1.54, 1.807) is 0 Å². The molecule has 0 saturated carbocycles. The number of hydrogen-bond donors (Lipinski definition) is 1. The van der Waals surface area contributed by atoms with Gasteiger partial charge in [0.15, 0.2) is 0 Å². The number of piperidine rings is 1. The topological polar surface area (TPSA) is 46.3 Å². The summed E-state index contributed by atoms with van der Waals surface area (Å²) in [6, 6.07) is 7.91. The first-order valence-corrected chi connectivity index (χ1v) is 8.09. The van der Waals surface area contributed by atoms with Crippen molar-refractivity contribution in [3.8, 4) is 0 Å². The third-order valence-electron chi connectivity index (χ3n) is 4.50. The summed E-state index contributed by atoms with van der Waals surface area (Å²) in [6.07, 6.45) is 1.97. The van der Waals surface area contributed by atoms with Gasteiger partial charge >= 0.3 is 0 Å². The van der Waals surface area contributed by atoms with E-state index in [0.29, 0.717) is 5.92 Å². The van der Waals surface area contributed by atoms with Gasteiger partial charge in [-0.25, -0.2) is 0 Å². The van der Waals surface area contributed by atoms with Crippen molar-refractivity contribution >= 4 is 17.5 Å². The summed E-state index contributed by atoms with van der Waals surface area (Å²) in [5.41, 5.74) is 7.32. The standard InChI is InChI=1S/C17H25ClN2O/c1-11(2)16(19)17(21)20-9-8-14(10-12(20)3)13-4-6-15(18)7-5-13/h4-7,11-12,14,16H,8-10,19H2,1-3H3/t12-,14?,16?/m1/s1. The van der Waals surface area contributed by atoms with E-state index < -0.39 is 0 Å². The van der Waals surface area contributed by atoms with Crippen molar-refractivity contribution in [2.24, 2.45) is 11.7 Å². The number of benzene rings is 1. The van der Waals surface area contributed by atoms with Gasteiger partial charge in [0, 0.05) is 17.6 Å². The molecule has 3 atom stereocenters. The maximum Gasteiger partial charge on any atom is 0.239 e. The van der Waals surface area contributed by atoms with E-state index in [1.165, 1.54) is 5.56 Å². The Morgan fingerprint density at radius 2 is 1.95 bits per heavy atom. The van der Waals surface area contributed by atoms with Crippen LogP contribution in [0.25, 0.3) is 0 Å². The van der Waals surface area contributed by atoms with Crippen LogP contribution in [0, 0.1) is 5.92 Å². The Hall–Kier alpha value is -1.06. The first-order valence-electron chi connectivity index (χ1n) is 7.71. The zero-order chi connectivity index (χ0) is 15.6. The SMILES string of the molecule is CC(C)C(N)C(=O)N1CCC(c2ccc(Cl)cc2)C[C@H]1C. The number of rotatable bonds is 3. The summed E-state index contributed by atoms with van der Waals surface area (Å²) < 4.78 is 0. The number of carbonyl (C=O) groups is 1. The molecule has 1 amide bonds. The van der Waals surface area contributed by atoms with Gasteiger partial charge in [0.2, 0.25) is 5.91 Å². The molecule has 1 fully saturated rings. The minimum Gasteiger partial charge on any atom is -0.339 e. The molecule has 21 heavy (non-hydrogen) atoms. The van der Waals surface area contributed by atoms with Crippen molar-refractivity contribution in [1.29, 1.82) is 0 Å². The quantitative estimate of drug-likeness (QED) is 0.930. The number of hydrogen-bond acceptors (Lipinski definition) is 2. The van der Waals surface area contributed by atoms with E-state index in [1.807, 2.05) is 30.9 Å². The second-order valence-corrected chi connectivity index (χ2v) is 6.86. The number of halogens is 1. The zero-order valence-electron chi connectivity index (χ0n) is 13.1. The monoisotopic (exact) mass is 308 g/mol. The molecule has 0 radical (unpaired) electrons. The van der Waals surface area contributed by atoms with Gasteiger partial charge in [-0.1, -0.05) is 37.6 Å². The minimum absolute atomic E-state index is 0.0899. The highest BCUT2D eigenvalue weighted by atomic mass is 35.5. The van der Waals surface area contributed by atoms with Crippen molar-refractivity contribution in [2.75, 3.05) is 6.54 Å². The van der Waals surface area contributed by atoms with E-state index in [-0.39, 0.29) is 23.9 Å². The summed E-state index contributed by atoms with van der Waals surface area (Å²) in [7, 11) is 0. The fourth-order valence-electron chi connectivity index (χ4n) is 3.01. The predicted octanol–water partition coefficient (Wildman–Crippen LogP) is 3.42. The van der Waals surface area contributed by atoms with Crippen LogP contribution < -0.4 is 5.73 Å². The van der Waals surface area contributed by atoms with Crippen LogP contribution in [0.4, 0.5) is 0 Å². The van der Waals surface area contributed by atoms with Gasteiger partial charge < -0.3 is 10.6 Å². The van der Waals surface area contributed by atoms with Crippen LogP contribution in [0.3, 0.4) is 0 Å². The molecule has 4 heteroatoms. The van der Waals surface area contributed by atoms with Crippen molar-refractivity contribution in [1.82, 2.24) is 4.90 Å².